The average Bonchev–Trinajstić information content (AvgIpc) is 2.18. The third kappa shape index (κ3) is 2.72. The van der Waals surface area contributed by atoms with Gasteiger partial charge in [0.1, 0.15) is 5.75 Å². The molecule has 0 saturated heterocycles. The van der Waals surface area contributed by atoms with Crippen molar-refractivity contribution in [3.05, 3.63) is 29.3 Å². The van der Waals surface area contributed by atoms with Crippen LogP contribution in [-0.2, 0) is 0 Å². The van der Waals surface area contributed by atoms with E-state index in [0.29, 0.717) is 5.92 Å². The standard InChI is InChI=1S/C13H20O2/c1-9(2)12(8-14)11-7-10(3)5-6-13(11)15-4/h5-7,9,12,14H,8H2,1-4H3. The second-order valence-electron chi connectivity index (χ2n) is 4.28. The molecule has 0 saturated carbocycles. The zero-order valence-corrected chi connectivity index (χ0v) is 9.95. The minimum Gasteiger partial charge on any atom is -0.496 e. The van der Waals surface area contributed by atoms with E-state index < -0.39 is 0 Å². The quantitative estimate of drug-likeness (QED) is 0.824. The van der Waals surface area contributed by atoms with E-state index in [4.69, 9.17) is 4.74 Å². The smallest absolute Gasteiger partial charge is 0.122 e. The molecule has 2 nitrogen and oxygen atoms in total. The van der Waals surface area contributed by atoms with Crippen molar-refractivity contribution in [1.82, 2.24) is 0 Å². The molecule has 0 fully saturated rings. The fourth-order valence-corrected chi connectivity index (χ4v) is 1.81. The third-order valence-electron chi connectivity index (χ3n) is 2.79. The SMILES string of the molecule is COc1ccc(C)cc1C(CO)C(C)C. The molecular weight excluding hydrogens is 188 g/mol. The van der Waals surface area contributed by atoms with Crippen molar-refractivity contribution in [3.8, 4) is 5.75 Å². The van der Waals surface area contributed by atoms with Gasteiger partial charge in [0.15, 0.2) is 0 Å². The molecule has 1 aromatic carbocycles. The molecule has 15 heavy (non-hydrogen) atoms. The van der Waals surface area contributed by atoms with E-state index in [1.165, 1.54) is 5.56 Å². The fourth-order valence-electron chi connectivity index (χ4n) is 1.81. The van der Waals surface area contributed by atoms with Crippen LogP contribution in [0.4, 0.5) is 0 Å². The molecule has 0 spiro atoms. The summed E-state index contributed by atoms with van der Waals surface area (Å²) in [6, 6.07) is 6.09. The zero-order chi connectivity index (χ0) is 11.4. The van der Waals surface area contributed by atoms with E-state index in [0.717, 1.165) is 11.3 Å². The Labute approximate surface area is 91.9 Å². The van der Waals surface area contributed by atoms with Gasteiger partial charge in [-0.1, -0.05) is 31.5 Å². The molecule has 1 atom stereocenters. The van der Waals surface area contributed by atoms with Crippen LogP contribution in [0, 0.1) is 12.8 Å². The van der Waals surface area contributed by atoms with Gasteiger partial charge in [0, 0.05) is 5.92 Å². The van der Waals surface area contributed by atoms with E-state index in [1.54, 1.807) is 7.11 Å². The van der Waals surface area contributed by atoms with Gasteiger partial charge in [0.25, 0.3) is 0 Å². The maximum atomic E-state index is 9.41. The topological polar surface area (TPSA) is 29.5 Å². The summed E-state index contributed by atoms with van der Waals surface area (Å²) in [5.74, 6) is 1.43. The molecule has 0 heterocycles. The van der Waals surface area contributed by atoms with Crippen molar-refractivity contribution in [3.63, 3.8) is 0 Å². The van der Waals surface area contributed by atoms with Crippen molar-refractivity contribution in [2.75, 3.05) is 13.7 Å². The number of benzene rings is 1. The number of aryl methyl sites for hydroxylation is 1. The second-order valence-corrected chi connectivity index (χ2v) is 4.28. The Hall–Kier alpha value is -1.02. The average molecular weight is 208 g/mol. The second kappa shape index (κ2) is 5.17. The lowest BCUT2D eigenvalue weighted by Gasteiger charge is -2.21. The van der Waals surface area contributed by atoms with E-state index in [-0.39, 0.29) is 12.5 Å². The Morgan fingerprint density at radius 1 is 1.33 bits per heavy atom. The zero-order valence-electron chi connectivity index (χ0n) is 9.95. The Morgan fingerprint density at radius 2 is 2.00 bits per heavy atom. The highest BCUT2D eigenvalue weighted by molar-refractivity contribution is 5.39. The number of rotatable bonds is 4. The van der Waals surface area contributed by atoms with Crippen LogP contribution >= 0.6 is 0 Å². The monoisotopic (exact) mass is 208 g/mol. The van der Waals surface area contributed by atoms with Crippen LogP contribution < -0.4 is 4.74 Å². The molecule has 0 aromatic heterocycles. The largest absolute Gasteiger partial charge is 0.496 e. The van der Waals surface area contributed by atoms with Crippen LogP contribution in [0.3, 0.4) is 0 Å². The Morgan fingerprint density at radius 3 is 2.47 bits per heavy atom. The molecule has 1 aromatic rings. The van der Waals surface area contributed by atoms with Crippen molar-refractivity contribution < 1.29 is 9.84 Å². The van der Waals surface area contributed by atoms with Gasteiger partial charge in [-0.3, -0.25) is 0 Å². The lowest BCUT2D eigenvalue weighted by atomic mass is 9.88. The summed E-state index contributed by atoms with van der Waals surface area (Å²) in [5, 5.41) is 9.41. The van der Waals surface area contributed by atoms with E-state index in [9.17, 15) is 5.11 Å². The summed E-state index contributed by atoms with van der Waals surface area (Å²) in [7, 11) is 1.67. The molecular formula is C13H20O2. The molecule has 84 valence electrons. The first-order chi connectivity index (χ1) is 7.10. The number of hydrogen-bond donors (Lipinski definition) is 1. The maximum Gasteiger partial charge on any atom is 0.122 e. The fraction of sp³-hybridized carbons (Fsp3) is 0.538. The first-order valence-electron chi connectivity index (χ1n) is 5.35. The number of aliphatic hydroxyl groups is 1. The van der Waals surface area contributed by atoms with E-state index in [2.05, 4.69) is 26.8 Å². The van der Waals surface area contributed by atoms with Gasteiger partial charge in [-0.05, 0) is 24.5 Å². The molecule has 0 aliphatic heterocycles. The van der Waals surface area contributed by atoms with Gasteiger partial charge in [0.2, 0.25) is 0 Å². The molecule has 1 rings (SSSR count). The minimum atomic E-state index is 0.153. The Kier molecular flexibility index (Phi) is 4.15. The summed E-state index contributed by atoms with van der Waals surface area (Å²) in [4.78, 5) is 0. The Balaban J connectivity index is 3.13. The van der Waals surface area contributed by atoms with Crippen molar-refractivity contribution in [1.29, 1.82) is 0 Å². The van der Waals surface area contributed by atoms with Gasteiger partial charge in [0.05, 0.1) is 13.7 Å². The highest BCUT2D eigenvalue weighted by Gasteiger charge is 2.18. The van der Waals surface area contributed by atoms with Crippen LogP contribution in [-0.4, -0.2) is 18.8 Å². The normalized spacial score (nSPS) is 12.9. The highest BCUT2D eigenvalue weighted by atomic mass is 16.5. The first-order valence-corrected chi connectivity index (χ1v) is 5.35. The number of aliphatic hydroxyl groups excluding tert-OH is 1. The first kappa shape index (κ1) is 12.1. The number of hydrogen-bond acceptors (Lipinski definition) is 2. The van der Waals surface area contributed by atoms with Crippen molar-refractivity contribution >= 4 is 0 Å². The molecule has 0 amide bonds. The summed E-state index contributed by atoms with van der Waals surface area (Å²) < 4.78 is 5.32. The molecule has 1 unspecified atom stereocenters. The molecule has 2 heteroatoms. The summed E-state index contributed by atoms with van der Waals surface area (Å²) in [5.41, 5.74) is 2.31. The number of methoxy groups -OCH3 is 1. The summed E-state index contributed by atoms with van der Waals surface area (Å²) in [6.07, 6.45) is 0. The van der Waals surface area contributed by atoms with Crippen LogP contribution in [0.2, 0.25) is 0 Å². The van der Waals surface area contributed by atoms with Crippen LogP contribution in [0.5, 0.6) is 5.75 Å². The summed E-state index contributed by atoms with van der Waals surface area (Å²) >= 11 is 0. The predicted molar refractivity (Wildman–Crippen MR) is 62.4 cm³/mol. The molecule has 0 aliphatic rings. The van der Waals surface area contributed by atoms with Crippen molar-refractivity contribution in [2.24, 2.45) is 5.92 Å². The maximum absolute atomic E-state index is 9.41. The minimum absolute atomic E-state index is 0.153. The van der Waals surface area contributed by atoms with Gasteiger partial charge in [-0.25, -0.2) is 0 Å². The van der Waals surface area contributed by atoms with Gasteiger partial charge in [-0.15, -0.1) is 0 Å². The van der Waals surface area contributed by atoms with Crippen LogP contribution in [0.25, 0.3) is 0 Å². The third-order valence-corrected chi connectivity index (χ3v) is 2.79. The molecule has 0 radical (unpaired) electrons. The van der Waals surface area contributed by atoms with Crippen LogP contribution in [0.1, 0.15) is 30.9 Å². The van der Waals surface area contributed by atoms with Crippen molar-refractivity contribution in [2.45, 2.75) is 26.7 Å². The van der Waals surface area contributed by atoms with Gasteiger partial charge >= 0.3 is 0 Å². The highest BCUT2D eigenvalue weighted by Crippen LogP contribution is 2.32. The van der Waals surface area contributed by atoms with Gasteiger partial charge < -0.3 is 9.84 Å². The lowest BCUT2D eigenvalue weighted by molar-refractivity contribution is 0.234. The summed E-state index contributed by atoms with van der Waals surface area (Å²) in [6.45, 7) is 6.44. The number of ether oxygens (including phenoxy) is 1. The molecule has 0 bridgehead atoms. The van der Waals surface area contributed by atoms with Crippen LogP contribution in [0.15, 0.2) is 18.2 Å². The molecule has 0 aliphatic carbocycles. The Bertz CT molecular complexity index is 318. The van der Waals surface area contributed by atoms with Gasteiger partial charge in [-0.2, -0.15) is 0 Å². The van der Waals surface area contributed by atoms with E-state index >= 15 is 0 Å². The van der Waals surface area contributed by atoms with E-state index in [1.807, 2.05) is 12.1 Å². The molecule has 1 N–H and O–H groups in total. The lowest BCUT2D eigenvalue weighted by Crippen LogP contribution is -2.12. The predicted octanol–water partition coefficient (Wildman–Crippen LogP) is 2.74.